The van der Waals surface area contributed by atoms with Gasteiger partial charge in [0.2, 0.25) is 5.91 Å². The summed E-state index contributed by atoms with van der Waals surface area (Å²) in [6.45, 7) is 8.23. The fraction of sp³-hybridized carbons (Fsp3) is 0.833. The van der Waals surface area contributed by atoms with Gasteiger partial charge in [-0.1, -0.05) is 13.8 Å². The zero-order valence-corrected chi connectivity index (χ0v) is 10.9. The molecule has 0 spiro atoms. The Morgan fingerprint density at radius 3 is 2.65 bits per heavy atom. The normalized spacial score (nSPS) is 26.2. The highest BCUT2D eigenvalue weighted by molar-refractivity contribution is 5.82. The minimum atomic E-state index is -0.748. The summed E-state index contributed by atoms with van der Waals surface area (Å²) in [5, 5.41) is 2.70. The molecule has 5 heteroatoms. The Bertz CT molecular complexity index is 299. The topological polar surface area (TPSA) is 64.6 Å². The molecule has 98 valence electrons. The summed E-state index contributed by atoms with van der Waals surface area (Å²) in [4.78, 5) is 22.2. The molecular weight excluding hydrogens is 222 g/mol. The first-order chi connectivity index (χ1) is 7.78. The van der Waals surface area contributed by atoms with Crippen LogP contribution < -0.4 is 5.32 Å². The maximum atomic E-state index is 12.0. The van der Waals surface area contributed by atoms with E-state index in [0.29, 0.717) is 19.6 Å². The molecule has 1 amide bonds. The van der Waals surface area contributed by atoms with E-state index in [1.54, 1.807) is 13.8 Å². The molecule has 1 atom stereocenters. The van der Waals surface area contributed by atoms with E-state index in [-0.39, 0.29) is 11.3 Å². The maximum Gasteiger partial charge on any atom is 0.249 e. The van der Waals surface area contributed by atoms with E-state index in [4.69, 9.17) is 9.47 Å². The van der Waals surface area contributed by atoms with Crippen molar-refractivity contribution in [2.24, 2.45) is 5.41 Å². The molecule has 1 saturated heterocycles. The van der Waals surface area contributed by atoms with Gasteiger partial charge in [0.15, 0.2) is 5.79 Å². The largest absolute Gasteiger partial charge is 0.353 e. The second-order valence-corrected chi connectivity index (χ2v) is 5.42. The van der Waals surface area contributed by atoms with Crippen molar-refractivity contribution in [1.29, 1.82) is 0 Å². The predicted octanol–water partition coefficient (Wildman–Crippen LogP) is 0.869. The van der Waals surface area contributed by atoms with Crippen molar-refractivity contribution < 1.29 is 19.1 Å². The quantitative estimate of drug-likeness (QED) is 0.588. The van der Waals surface area contributed by atoms with Crippen molar-refractivity contribution >= 4 is 12.2 Å². The number of hydrogen-bond donors (Lipinski definition) is 1. The van der Waals surface area contributed by atoms with Crippen LogP contribution in [0.3, 0.4) is 0 Å². The van der Waals surface area contributed by atoms with Crippen LogP contribution in [0.4, 0.5) is 0 Å². The molecule has 1 heterocycles. The summed E-state index contributed by atoms with van der Waals surface area (Å²) in [6.07, 6.45) is 0.539. The fourth-order valence-corrected chi connectivity index (χ4v) is 1.67. The van der Waals surface area contributed by atoms with Gasteiger partial charge in [-0.3, -0.25) is 4.79 Å². The molecule has 0 aromatic heterocycles. The standard InChI is InChI=1S/C12H21NO4/c1-11(2)8-16-12(3,4)17-9(11)10(15)13-6-5-7-14/h7,9H,5-6,8H2,1-4H3,(H,13,15)/t9-/m1/s1. The van der Waals surface area contributed by atoms with Crippen LogP contribution in [0.25, 0.3) is 0 Å². The lowest BCUT2D eigenvalue weighted by molar-refractivity contribution is -0.304. The van der Waals surface area contributed by atoms with Crippen LogP contribution in [-0.2, 0) is 19.1 Å². The van der Waals surface area contributed by atoms with E-state index in [1.807, 2.05) is 13.8 Å². The Hall–Kier alpha value is -0.940. The number of carbonyl (C=O) groups is 2. The van der Waals surface area contributed by atoms with Gasteiger partial charge in [0.25, 0.3) is 0 Å². The summed E-state index contributed by atoms with van der Waals surface area (Å²) in [5.41, 5.74) is -0.374. The van der Waals surface area contributed by atoms with Gasteiger partial charge in [0.05, 0.1) is 6.61 Å². The Kier molecular flexibility index (Phi) is 4.27. The highest BCUT2D eigenvalue weighted by atomic mass is 16.7. The lowest BCUT2D eigenvalue weighted by Gasteiger charge is -2.44. The first-order valence-corrected chi connectivity index (χ1v) is 5.82. The molecule has 0 radical (unpaired) electrons. The van der Waals surface area contributed by atoms with Crippen LogP contribution in [0.15, 0.2) is 0 Å². The number of ether oxygens (including phenoxy) is 2. The molecular formula is C12H21NO4. The molecule has 1 rings (SSSR count). The molecule has 1 fully saturated rings. The Morgan fingerprint density at radius 1 is 1.41 bits per heavy atom. The molecule has 1 aliphatic rings. The second-order valence-electron chi connectivity index (χ2n) is 5.42. The summed E-state index contributed by atoms with van der Waals surface area (Å²) >= 11 is 0. The summed E-state index contributed by atoms with van der Waals surface area (Å²) < 4.78 is 11.2. The van der Waals surface area contributed by atoms with E-state index >= 15 is 0 Å². The van der Waals surface area contributed by atoms with Gasteiger partial charge in [-0.2, -0.15) is 0 Å². The van der Waals surface area contributed by atoms with Gasteiger partial charge in [-0.25, -0.2) is 0 Å². The predicted molar refractivity (Wildman–Crippen MR) is 62.4 cm³/mol. The van der Waals surface area contributed by atoms with Crippen molar-refractivity contribution in [3.05, 3.63) is 0 Å². The number of nitrogens with one attached hydrogen (secondary N) is 1. The van der Waals surface area contributed by atoms with Gasteiger partial charge in [0.1, 0.15) is 12.4 Å². The fourth-order valence-electron chi connectivity index (χ4n) is 1.67. The number of carbonyl (C=O) groups excluding carboxylic acids is 2. The van der Waals surface area contributed by atoms with Gasteiger partial charge in [-0.05, 0) is 13.8 Å². The average molecular weight is 243 g/mol. The zero-order chi connectivity index (χ0) is 13.1. The van der Waals surface area contributed by atoms with Crippen molar-refractivity contribution in [1.82, 2.24) is 5.32 Å². The van der Waals surface area contributed by atoms with Crippen molar-refractivity contribution in [2.45, 2.75) is 46.0 Å². The average Bonchev–Trinajstić information content (AvgIpc) is 2.22. The third kappa shape index (κ3) is 3.78. The Labute approximate surface area is 102 Å². The van der Waals surface area contributed by atoms with Crippen LogP contribution in [0, 0.1) is 5.41 Å². The number of rotatable bonds is 4. The highest BCUT2D eigenvalue weighted by Crippen LogP contribution is 2.34. The van der Waals surface area contributed by atoms with Gasteiger partial charge >= 0.3 is 0 Å². The maximum absolute atomic E-state index is 12.0. The van der Waals surface area contributed by atoms with Gasteiger partial charge < -0.3 is 19.6 Å². The van der Waals surface area contributed by atoms with E-state index in [9.17, 15) is 9.59 Å². The Balaban J connectivity index is 2.64. The lowest BCUT2D eigenvalue weighted by Crippen LogP contribution is -2.56. The third-order valence-corrected chi connectivity index (χ3v) is 2.70. The molecule has 17 heavy (non-hydrogen) atoms. The number of hydrogen-bond acceptors (Lipinski definition) is 4. The molecule has 0 bridgehead atoms. The SMILES string of the molecule is CC1(C)OCC(C)(C)[C@@H](C(=O)NCCC=O)O1. The summed E-state index contributed by atoms with van der Waals surface area (Å²) in [6, 6.07) is 0. The highest BCUT2D eigenvalue weighted by Gasteiger charge is 2.45. The van der Waals surface area contributed by atoms with E-state index < -0.39 is 11.9 Å². The minimum Gasteiger partial charge on any atom is -0.353 e. The summed E-state index contributed by atoms with van der Waals surface area (Å²) in [5.74, 6) is -0.935. The van der Waals surface area contributed by atoms with E-state index in [1.165, 1.54) is 0 Å². The molecule has 5 nitrogen and oxygen atoms in total. The first kappa shape index (κ1) is 14.1. The van der Waals surface area contributed by atoms with Crippen molar-refractivity contribution in [3.63, 3.8) is 0 Å². The zero-order valence-electron chi connectivity index (χ0n) is 10.9. The molecule has 0 aromatic carbocycles. The molecule has 1 aliphatic heterocycles. The van der Waals surface area contributed by atoms with E-state index in [0.717, 1.165) is 6.29 Å². The first-order valence-electron chi connectivity index (χ1n) is 5.82. The molecule has 0 saturated carbocycles. The van der Waals surface area contributed by atoms with Crippen molar-refractivity contribution in [2.75, 3.05) is 13.2 Å². The minimum absolute atomic E-state index is 0.187. The summed E-state index contributed by atoms with van der Waals surface area (Å²) in [7, 11) is 0. The molecule has 1 N–H and O–H groups in total. The third-order valence-electron chi connectivity index (χ3n) is 2.70. The number of aldehydes is 1. The van der Waals surface area contributed by atoms with E-state index in [2.05, 4.69) is 5.32 Å². The monoisotopic (exact) mass is 243 g/mol. The number of amides is 1. The van der Waals surface area contributed by atoms with Gasteiger partial charge in [0, 0.05) is 18.4 Å². The van der Waals surface area contributed by atoms with Crippen molar-refractivity contribution in [3.8, 4) is 0 Å². The lowest BCUT2D eigenvalue weighted by atomic mass is 9.85. The van der Waals surface area contributed by atoms with Crippen LogP contribution in [-0.4, -0.2) is 37.2 Å². The van der Waals surface area contributed by atoms with Crippen LogP contribution in [0.1, 0.15) is 34.1 Å². The van der Waals surface area contributed by atoms with Crippen LogP contribution in [0.5, 0.6) is 0 Å². The molecule has 0 unspecified atom stereocenters. The van der Waals surface area contributed by atoms with Gasteiger partial charge in [-0.15, -0.1) is 0 Å². The molecule has 0 aromatic rings. The smallest absolute Gasteiger partial charge is 0.249 e. The van der Waals surface area contributed by atoms with Crippen LogP contribution in [0.2, 0.25) is 0 Å². The molecule has 0 aliphatic carbocycles. The Morgan fingerprint density at radius 2 is 2.06 bits per heavy atom. The second kappa shape index (κ2) is 5.14. The van der Waals surface area contributed by atoms with Crippen LogP contribution >= 0.6 is 0 Å².